The zero-order valence-electron chi connectivity index (χ0n) is 9.12. The highest BCUT2D eigenvalue weighted by atomic mass is 14.8. The SMILES string of the molecule is C=NCC(C)(C)c1c[nH]c2ncccc12. The molecule has 0 radical (unpaired) electrons. The Labute approximate surface area is 89.3 Å². The van der Waals surface area contributed by atoms with Gasteiger partial charge in [0, 0.05) is 29.7 Å². The summed E-state index contributed by atoms with van der Waals surface area (Å²) in [5.41, 5.74) is 2.19. The molecule has 0 aromatic carbocycles. The van der Waals surface area contributed by atoms with Gasteiger partial charge in [-0.25, -0.2) is 4.98 Å². The van der Waals surface area contributed by atoms with Crippen LogP contribution in [0.3, 0.4) is 0 Å². The second kappa shape index (κ2) is 3.50. The number of aromatic amines is 1. The van der Waals surface area contributed by atoms with Gasteiger partial charge >= 0.3 is 0 Å². The van der Waals surface area contributed by atoms with Crippen molar-refractivity contribution in [3.8, 4) is 0 Å². The molecule has 2 rings (SSSR count). The average Bonchev–Trinajstić information content (AvgIpc) is 2.61. The van der Waals surface area contributed by atoms with E-state index in [1.807, 2.05) is 12.3 Å². The molecule has 0 spiro atoms. The summed E-state index contributed by atoms with van der Waals surface area (Å²) in [4.78, 5) is 11.4. The van der Waals surface area contributed by atoms with Crippen LogP contribution in [-0.2, 0) is 5.41 Å². The van der Waals surface area contributed by atoms with Gasteiger partial charge in [-0.15, -0.1) is 0 Å². The summed E-state index contributed by atoms with van der Waals surface area (Å²) in [6.07, 6.45) is 3.81. The summed E-state index contributed by atoms with van der Waals surface area (Å²) in [5, 5.41) is 1.17. The van der Waals surface area contributed by atoms with E-state index in [1.165, 1.54) is 10.9 Å². The minimum Gasteiger partial charge on any atom is -0.346 e. The second-order valence-electron chi connectivity index (χ2n) is 4.37. The molecule has 3 heteroatoms. The van der Waals surface area contributed by atoms with Gasteiger partial charge in [-0.2, -0.15) is 0 Å². The molecule has 0 aliphatic rings. The van der Waals surface area contributed by atoms with Gasteiger partial charge in [-0.1, -0.05) is 13.8 Å². The molecule has 0 amide bonds. The number of fused-ring (bicyclic) bond motifs is 1. The Morgan fingerprint density at radius 3 is 3.07 bits per heavy atom. The maximum Gasteiger partial charge on any atom is 0.137 e. The van der Waals surface area contributed by atoms with Crippen molar-refractivity contribution in [2.75, 3.05) is 6.54 Å². The van der Waals surface area contributed by atoms with Gasteiger partial charge in [-0.05, 0) is 24.4 Å². The Morgan fingerprint density at radius 1 is 1.53 bits per heavy atom. The van der Waals surface area contributed by atoms with E-state index in [1.54, 1.807) is 6.20 Å². The number of rotatable bonds is 3. The Morgan fingerprint density at radius 2 is 2.33 bits per heavy atom. The van der Waals surface area contributed by atoms with E-state index in [0.717, 1.165) is 12.2 Å². The Bertz CT molecular complexity index is 482. The van der Waals surface area contributed by atoms with Crippen LogP contribution in [0.1, 0.15) is 19.4 Å². The number of hydrogen-bond donors (Lipinski definition) is 1. The fourth-order valence-corrected chi connectivity index (χ4v) is 1.88. The van der Waals surface area contributed by atoms with Crippen molar-refractivity contribution in [1.29, 1.82) is 0 Å². The van der Waals surface area contributed by atoms with Crippen LogP contribution < -0.4 is 0 Å². The predicted molar refractivity (Wildman–Crippen MR) is 63.5 cm³/mol. The minimum absolute atomic E-state index is 0.00301. The maximum absolute atomic E-state index is 4.27. The Balaban J connectivity index is 2.56. The Hall–Kier alpha value is -1.64. The fraction of sp³-hybridized carbons (Fsp3) is 0.333. The van der Waals surface area contributed by atoms with Gasteiger partial charge in [0.2, 0.25) is 0 Å². The van der Waals surface area contributed by atoms with Crippen LogP contribution in [-0.4, -0.2) is 23.2 Å². The van der Waals surface area contributed by atoms with E-state index >= 15 is 0 Å². The lowest BCUT2D eigenvalue weighted by Crippen LogP contribution is -2.20. The molecule has 0 aliphatic heterocycles. The normalized spacial score (nSPS) is 11.9. The van der Waals surface area contributed by atoms with Crippen LogP contribution in [0.4, 0.5) is 0 Å². The van der Waals surface area contributed by atoms with E-state index in [-0.39, 0.29) is 5.41 Å². The number of H-pyrrole nitrogens is 1. The molecule has 0 saturated heterocycles. The molecule has 0 unspecified atom stereocenters. The molecule has 3 nitrogen and oxygen atoms in total. The first-order chi connectivity index (χ1) is 7.15. The summed E-state index contributed by atoms with van der Waals surface area (Å²) in [6, 6.07) is 4.04. The lowest BCUT2D eigenvalue weighted by atomic mass is 9.85. The minimum atomic E-state index is 0.00301. The smallest absolute Gasteiger partial charge is 0.137 e. The lowest BCUT2D eigenvalue weighted by molar-refractivity contribution is 0.547. The summed E-state index contributed by atoms with van der Waals surface area (Å²) < 4.78 is 0. The molecule has 15 heavy (non-hydrogen) atoms. The Kier molecular flexibility index (Phi) is 2.31. The first kappa shape index (κ1) is 9.90. The summed E-state index contributed by atoms with van der Waals surface area (Å²) in [6.45, 7) is 8.61. The standard InChI is InChI=1S/C12H15N3/c1-12(2,8-13-3)10-7-15-11-9(10)5-4-6-14-11/h4-7H,3,8H2,1-2H3,(H,14,15). The van der Waals surface area contributed by atoms with Crippen molar-refractivity contribution in [2.45, 2.75) is 19.3 Å². The number of pyridine rings is 1. The van der Waals surface area contributed by atoms with Crippen LogP contribution in [0.5, 0.6) is 0 Å². The zero-order chi connectivity index (χ0) is 10.9. The molecule has 0 aliphatic carbocycles. The van der Waals surface area contributed by atoms with Crippen LogP contribution in [0.15, 0.2) is 29.5 Å². The molecule has 2 aromatic heterocycles. The first-order valence-corrected chi connectivity index (χ1v) is 5.00. The molecule has 0 fully saturated rings. The number of hydrogen-bond acceptors (Lipinski definition) is 2. The van der Waals surface area contributed by atoms with Crippen LogP contribution in [0, 0.1) is 0 Å². The molecule has 0 bridgehead atoms. The van der Waals surface area contributed by atoms with Crippen molar-refractivity contribution < 1.29 is 0 Å². The number of aromatic nitrogens is 2. The predicted octanol–water partition coefficient (Wildman–Crippen LogP) is 2.54. The van der Waals surface area contributed by atoms with Gasteiger partial charge in [0.1, 0.15) is 5.65 Å². The highest BCUT2D eigenvalue weighted by Gasteiger charge is 2.23. The number of aliphatic imine (C=N–C) groups is 1. The van der Waals surface area contributed by atoms with Crippen LogP contribution in [0.25, 0.3) is 11.0 Å². The molecule has 2 heterocycles. The van der Waals surface area contributed by atoms with Crippen LogP contribution >= 0.6 is 0 Å². The second-order valence-corrected chi connectivity index (χ2v) is 4.37. The quantitative estimate of drug-likeness (QED) is 0.762. The van der Waals surface area contributed by atoms with E-state index in [9.17, 15) is 0 Å². The largest absolute Gasteiger partial charge is 0.346 e. The number of nitrogens with one attached hydrogen (secondary N) is 1. The lowest BCUT2D eigenvalue weighted by Gasteiger charge is -2.21. The third-order valence-corrected chi connectivity index (χ3v) is 2.69. The summed E-state index contributed by atoms with van der Waals surface area (Å²) in [5.74, 6) is 0. The highest BCUT2D eigenvalue weighted by molar-refractivity contribution is 5.80. The molecule has 1 N–H and O–H groups in total. The van der Waals surface area contributed by atoms with Crippen LogP contribution in [0.2, 0.25) is 0 Å². The van der Waals surface area contributed by atoms with E-state index in [0.29, 0.717) is 0 Å². The monoisotopic (exact) mass is 201 g/mol. The molecular weight excluding hydrogens is 186 g/mol. The molecule has 0 saturated carbocycles. The third-order valence-electron chi connectivity index (χ3n) is 2.69. The first-order valence-electron chi connectivity index (χ1n) is 5.00. The number of nitrogens with zero attached hydrogens (tertiary/aromatic N) is 2. The molecule has 78 valence electrons. The van der Waals surface area contributed by atoms with Gasteiger partial charge in [-0.3, -0.25) is 0 Å². The van der Waals surface area contributed by atoms with E-state index in [4.69, 9.17) is 0 Å². The zero-order valence-corrected chi connectivity index (χ0v) is 9.12. The van der Waals surface area contributed by atoms with Crippen molar-refractivity contribution in [2.24, 2.45) is 4.99 Å². The maximum atomic E-state index is 4.27. The van der Waals surface area contributed by atoms with E-state index in [2.05, 4.69) is 41.6 Å². The van der Waals surface area contributed by atoms with E-state index < -0.39 is 0 Å². The van der Waals surface area contributed by atoms with Gasteiger partial charge < -0.3 is 9.98 Å². The molecular formula is C12H15N3. The van der Waals surface area contributed by atoms with Gasteiger partial charge in [0.25, 0.3) is 0 Å². The summed E-state index contributed by atoms with van der Waals surface area (Å²) in [7, 11) is 0. The fourth-order valence-electron chi connectivity index (χ4n) is 1.88. The van der Waals surface area contributed by atoms with Gasteiger partial charge in [0.05, 0.1) is 0 Å². The molecule has 2 aromatic rings. The topological polar surface area (TPSA) is 41.0 Å². The van der Waals surface area contributed by atoms with Gasteiger partial charge in [0.15, 0.2) is 0 Å². The average molecular weight is 201 g/mol. The molecule has 0 atom stereocenters. The highest BCUT2D eigenvalue weighted by Crippen LogP contribution is 2.29. The summed E-state index contributed by atoms with van der Waals surface area (Å²) >= 11 is 0. The van der Waals surface area contributed by atoms with Crippen molar-refractivity contribution in [1.82, 2.24) is 9.97 Å². The van der Waals surface area contributed by atoms with Crippen molar-refractivity contribution in [3.63, 3.8) is 0 Å². The van der Waals surface area contributed by atoms with Crippen molar-refractivity contribution in [3.05, 3.63) is 30.1 Å². The third kappa shape index (κ3) is 1.65. The van der Waals surface area contributed by atoms with Crippen molar-refractivity contribution >= 4 is 17.8 Å².